The maximum Gasteiger partial charge on any atom is 0.294 e. The van der Waals surface area contributed by atoms with Crippen molar-refractivity contribution in [2.75, 3.05) is 6.61 Å². The number of benzene rings is 2. The van der Waals surface area contributed by atoms with Crippen LogP contribution in [0.25, 0.3) is 0 Å². The molecule has 0 saturated carbocycles. The van der Waals surface area contributed by atoms with Crippen molar-refractivity contribution in [2.45, 2.75) is 63.2 Å². The van der Waals surface area contributed by atoms with Gasteiger partial charge in [-0.05, 0) is 56.0 Å². The number of carbonyl (C=O) groups excluding carboxylic acids is 1. The fourth-order valence-corrected chi connectivity index (χ4v) is 4.12. The molecule has 0 bridgehead atoms. The Morgan fingerprint density at radius 2 is 1.63 bits per heavy atom. The van der Waals surface area contributed by atoms with Crippen LogP contribution in [-0.4, -0.2) is 25.5 Å². The van der Waals surface area contributed by atoms with Crippen molar-refractivity contribution < 1.29 is 22.5 Å². The van der Waals surface area contributed by atoms with Gasteiger partial charge in [-0.3, -0.25) is 9.35 Å². The van der Waals surface area contributed by atoms with Gasteiger partial charge in [-0.25, -0.2) is 0 Å². The number of unbranched alkanes of at least 4 members (excludes halogenated alkanes) is 6. The van der Waals surface area contributed by atoms with E-state index in [1.807, 2.05) is 19.1 Å². The summed E-state index contributed by atoms with van der Waals surface area (Å²) in [6.45, 7) is 2.52. The summed E-state index contributed by atoms with van der Waals surface area (Å²) < 4.78 is 38.0. The van der Waals surface area contributed by atoms with E-state index >= 15 is 0 Å². The van der Waals surface area contributed by atoms with Crippen LogP contribution in [-0.2, 0) is 16.5 Å². The van der Waals surface area contributed by atoms with Crippen LogP contribution in [0.3, 0.4) is 0 Å². The zero-order valence-corrected chi connectivity index (χ0v) is 18.3. The number of carbonyl (C=O) groups is 1. The van der Waals surface area contributed by atoms with Gasteiger partial charge in [0.1, 0.15) is 5.75 Å². The molecule has 2 rings (SSSR count). The SMILES string of the molecule is Cc1ccc(S(=O)(=O)O)c(CCCCCCCCCOc2cccc(C(N)=O)c2)c1. The summed E-state index contributed by atoms with van der Waals surface area (Å²) in [5.74, 6) is 0.198. The van der Waals surface area contributed by atoms with Gasteiger partial charge in [0, 0.05) is 5.56 Å². The molecule has 7 heteroatoms. The molecule has 0 atom stereocenters. The fraction of sp³-hybridized carbons (Fsp3) is 0.435. The Morgan fingerprint density at radius 3 is 2.30 bits per heavy atom. The van der Waals surface area contributed by atoms with Crippen molar-refractivity contribution in [1.29, 1.82) is 0 Å². The monoisotopic (exact) mass is 433 g/mol. The van der Waals surface area contributed by atoms with E-state index in [-0.39, 0.29) is 4.90 Å². The first-order valence-electron chi connectivity index (χ1n) is 10.4. The largest absolute Gasteiger partial charge is 0.494 e. The van der Waals surface area contributed by atoms with Crippen LogP contribution in [0.2, 0.25) is 0 Å². The van der Waals surface area contributed by atoms with Gasteiger partial charge in [-0.2, -0.15) is 8.42 Å². The second kappa shape index (κ2) is 11.7. The van der Waals surface area contributed by atoms with Gasteiger partial charge in [0.2, 0.25) is 5.91 Å². The molecule has 0 fully saturated rings. The molecule has 2 aromatic rings. The lowest BCUT2D eigenvalue weighted by atomic mass is 10.0. The molecule has 3 N–H and O–H groups in total. The highest BCUT2D eigenvalue weighted by molar-refractivity contribution is 7.85. The van der Waals surface area contributed by atoms with Crippen LogP contribution in [0.4, 0.5) is 0 Å². The molecule has 1 amide bonds. The number of amides is 1. The summed E-state index contributed by atoms with van der Waals surface area (Å²) in [4.78, 5) is 11.2. The molecule has 0 aromatic heterocycles. The fourth-order valence-electron chi connectivity index (χ4n) is 3.39. The summed E-state index contributed by atoms with van der Waals surface area (Å²) in [6.07, 6.45) is 7.91. The standard InChI is InChI=1S/C23H31NO5S/c1-18-13-14-22(30(26,27)28)19(16-18)10-7-5-3-2-4-6-8-15-29-21-12-9-11-20(17-21)23(24)25/h9,11-14,16-17H,2-8,10,15H2,1H3,(H2,24,25)(H,26,27,28). The average Bonchev–Trinajstić information content (AvgIpc) is 2.68. The molecule has 164 valence electrons. The van der Waals surface area contributed by atoms with E-state index in [0.717, 1.165) is 50.5 Å². The molecule has 2 aromatic carbocycles. The zero-order valence-electron chi connectivity index (χ0n) is 17.5. The first-order chi connectivity index (χ1) is 14.3. The number of hydrogen-bond donors (Lipinski definition) is 2. The molecule has 0 saturated heterocycles. The van der Waals surface area contributed by atoms with Gasteiger partial charge < -0.3 is 10.5 Å². The molecule has 0 spiro atoms. The van der Waals surface area contributed by atoms with E-state index < -0.39 is 16.0 Å². The molecule has 6 nitrogen and oxygen atoms in total. The molecule has 0 aliphatic rings. The summed E-state index contributed by atoms with van der Waals surface area (Å²) in [6, 6.07) is 11.9. The topological polar surface area (TPSA) is 107 Å². The zero-order chi connectivity index (χ0) is 22.0. The van der Waals surface area contributed by atoms with E-state index in [4.69, 9.17) is 10.5 Å². The minimum absolute atomic E-state index is 0.0227. The van der Waals surface area contributed by atoms with Gasteiger partial charge in [0.25, 0.3) is 10.1 Å². The molecule has 0 aliphatic carbocycles. The Hall–Kier alpha value is -2.38. The van der Waals surface area contributed by atoms with Gasteiger partial charge >= 0.3 is 0 Å². The van der Waals surface area contributed by atoms with E-state index in [0.29, 0.717) is 29.9 Å². The van der Waals surface area contributed by atoms with Crippen LogP contribution in [0.1, 0.15) is 66.4 Å². The van der Waals surface area contributed by atoms with Crippen LogP contribution < -0.4 is 10.5 Å². The minimum Gasteiger partial charge on any atom is -0.494 e. The Labute approximate surface area is 179 Å². The van der Waals surface area contributed by atoms with E-state index in [1.54, 1.807) is 24.3 Å². The number of ether oxygens (including phenoxy) is 1. The van der Waals surface area contributed by atoms with Crippen molar-refractivity contribution >= 4 is 16.0 Å². The smallest absolute Gasteiger partial charge is 0.294 e. The Kier molecular flexibility index (Phi) is 9.33. The molecular weight excluding hydrogens is 402 g/mol. The first-order valence-corrected chi connectivity index (χ1v) is 11.8. The average molecular weight is 434 g/mol. The summed E-state index contributed by atoms with van der Waals surface area (Å²) >= 11 is 0. The Morgan fingerprint density at radius 1 is 0.967 bits per heavy atom. The number of hydrogen-bond acceptors (Lipinski definition) is 4. The summed E-state index contributed by atoms with van der Waals surface area (Å²) in [5, 5.41) is 0. The van der Waals surface area contributed by atoms with E-state index in [9.17, 15) is 17.8 Å². The Balaban J connectivity index is 1.57. The maximum absolute atomic E-state index is 11.5. The number of aryl methyl sites for hydroxylation is 2. The summed E-state index contributed by atoms with van der Waals surface area (Å²) in [5.41, 5.74) is 7.38. The van der Waals surface area contributed by atoms with Crippen LogP contribution in [0.15, 0.2) is 47.4 Å². The van der Waals surface area contributed by atoms with Gasteiger partial charge in [-0.1, -0.05) is 55.9 Å². The van der Waals surface area contributed by atoms with Crippen molar-refractivity contribution in [3.05, 3.63) is 59.2 Å². The molecule has 0 unspecified atom stereocenters. The number of nitrogens with two attached hydrogens (primary N) is 1. The quantitative estimate of drug-likeness (QED) is 0.352. The van der Waals surface area contributed by atoms with Crippen molar-refractivity contribution in [3.63, 3.8) is 0 Å². The van der Waals surface area contributed by atoms with Crippen LogP contribution >= 0.6 is 0 Å². The van der Waals surface area contributed by atoms with E-state index in [2.05, 4.69) is 0 Å². The molecular formula is C23H31NO5S. The second-order valence-corrected chi connectivity index (χ2v) is 8.94. The van der Waals surface area contributed by atoms with Gasteiger partial charge in [0.05, 0.1) is 11.5 Å². The van der Waals surface area contributed by atoms with Crippen LogP contribution in [0.5, 0.6) is 5.75 Å². The highest BCUT2D eigenvalue weighted by Gasteiger charge is 2.14. The van der Waals surface area contributed by atoms with Crippen molar-refractivity contribution in [2.24, 2.45) is 5.73 Å². The van der Waals surface area contributed by atoms with Gasteiger partial charge in [0.15, 0.2) is 0 Å². The Bertz CT molecular complexity index is 940. The highest BCUT2D eigenvalue weighted by atomic mass is 32.2. The lowest BCUT2D eigenvalue weighted by molar-refractivity contribution is 0.0999. The number of rotatable bonds is 13. The highest BCUT2D eigenvalue weighted by Crippen LogP contribution is 2.20. The second-order valence-electron chi connectivity index (χ2n) is 7.55. The van der Waals surface area contributed by atoms with Crippen molar-refractivity contribution in [1.82, 2.24) is 0 Å². The molecule has 0 aliphatic heterocycles. The molecule has 30 heavy (non-hydrogen) atoms. The number of primary amides is 1. The predicted octanol–water partition coefficient (Wildman–Crippen LogP) is 4.69. The molecule has 0 heterocycles. The lowest BCUT2D eigenvalue weighted by Gasteiger charge is -2.09. The lowest BCUT2D eigenvalue weighted by Crippen LogP contribution is -2.10. The third kappa shape index (κ3) is 8.16. The normalized spacial score (nSPS) is 11.4. The van der Waals surface area contributed by atoms with Gasteiger partial charge in [-0.15, -0.1) is 0 Å². The minimum atomic E-state index is -4.17. The van der Waals surface area contributed by atoms with E-state index in [1.165, 1.54) is 6.07 Å². The predicted molar refractivity (Wildman–Crippen MR) is 117 cm³/mol. The third-order valence-electron chi connectivity index (χ3n) is 4.97. The van der Waals surface area contributed by atoms with Crippen LogP contribution in [0, 0.1) is 6.92 Å². The summed E-state index contributed by atoms with van der Waals surface area (Å²) in [7, 11) is -4.17. The maximum atomic E-state index is 11.5. The first kappa shape index (κ1) is 23.9. The molecule has 0 radical (unpaired) electrons. The van der Waals surface area contributed by atoms with Crippen molar-refractivity contribution in [3.8, 4) is 5.75 Å². The third-order valence-corrected chi connectivity index (χ3v) is 5.93.